The summed E-state index contributed by atoms with van der Waals surface area (Å²) in [4.78, 5) is 13.7. The number of halogens is 1. The van der Waals surface area contributed by atoms with E-state index < -0.39 is 0 Å². The molecule has 2 N–H and O–H groups in total. The zero-order chi connectivity index (χ0) is 14.5. The Bertz CT molecular complexity index is 610. The van der Waals surface area contributed by atoms with Gasteiger partial charge in [0.15, 0.2) is 0 Å². The van der Waals surface area contributed by atoms with Gasteiger partial charge >= 0.3 is 0 Å². The number of hydrogen-bond donors (Lipinski definition) is 2. The maximum Gasteiger partial charge on any atom is 0.221 e. The molecule has 2 aromatic rings. The lowest BCUT2D eigenvalue weighted by Crippen LogP contribution is -2.06. The van der Waals surface area contributed by atoms with Crippen LogP contribution >= 0.6 is 22.9 Å². The number of aryl methyl sites for hydroxylation is 1. The Hall–Kier alpha value is -1.52. The van der Waals surface area contributed by atoms with Crippen molar-refractivity contribution in [3.8, 4) is 0 Å². The molecular formula is C15H17ClN2OS. The molecule has 0 spiro atoms. The summed E-state index contributed by atoms with van der Waals surface area (Å²) in [5, 5.41) is 6.55. The fourth-order valence-corrected chi connectivity index (χ4v) is 2.94. The Kier molecular flexibility index (Phi) is 5.04. The van der Waals surface area contributed by atoms with Crippen molar-refractivity contribution in [1.82, 2.24) is 0 Å². The van der Waals surface area contributed by atoms with Gasteiger partial charge in [-0.05, 0) is 36.8 Å². The molecule has 0 radical (unpaired) electrons. The molecule has 0 unspecified atom stereocenters. The highest BCUT2D eigenvalue weighted by Gasteiger charge is 2.04. The third-order valence-corrected chi connectivity index (χ3v) is 4.35. The Morgan fingerprint density at radius 2 is 2.00 bits per heavy atom. The fourth-order valence-electron chi connectivity index (χ4n) is 1.81. The van der Waals surface area contributed by atoms with Gasteiger partial charge in [-0.2, -0.15) is 0 Å². The number of carbonyl (C=O) groups excluding carboxylic acids is 1. The second kappa shape index (κ2) is 6.77. The first-order chi connectivity index (χ1) is 9.58. The summed E-state index contributed by atoms with van der Waals surface area (Å²) in [5.41, 5.74) is 1.57. The van der Waals surface area contributed by atoms with E-state index in [1.54, 1.807) is 6.07 Å². The lowest BCUT2D eigenvalue weighted by atomic mass is 10.2. The molecule has 0 saturated carbocycles. The zero-order valence-electron chi connectivity index (χ0n) is 11.5. The monoisotopic (exact) mass is 308 g/mol. The van der Waals surface area contributed by atoms with Crippen LogP contribution in [0.4, 0.5) is 11.4 Å². The van der Waals surface area contributed by atoms with Gasteiger partial charge in [-0.3, -0.25) is 4.79 Å². The average Bonchev–Trinajstić information content (AvgIpc) is 2.87. The van der Waals surface area contributed by atoms with Crippen molar-refractivity contribution in [2.75, 3.05) is 10.6 Å². The van der Waals surface area contributed by atoms with Crippen LogP contribution in [0.1, 0.15) is 23.6 Å². The molecule has 0 atom stereocenters. The molecule has 3 nitrogen and oxygen atoms in total. The largest absolute Gasteiger partial charge is 0.380 e. The van der Waals surface area contributed by atoms with Gasteiger partial charge in [0.25, 0.3) is 0 Å². The number of nitrogens with one attached hydrogen (secondary N) is 2. The van der Waals surface area contributed by atoms with Gasteiger partial charge in [-0.25, -0.2) is 0 Å². The minimum atomic E-state index is -0.127. The molecule has 1 aromatic heterocycles. The van der Waals surface area contributed by atoms with E-state index in [9.17, 15) is 4.79 Å². The first-order valence-electron chi connectivity index (χ1n) is 6.47. The standard InChI is InChI=1S/C15H17ClN2OS/c1-3-12-5-6-13(20-12)9-17-11-4-7-15(14(16)8-11)18-10(2)19/h4-8,17H,3,9H2,1-2H3,(H,18,19). The van der Waals surface area contributed by atoms with Crippen molar-refractivity contribution in [3.05, 3.63) is 45.1 Å². The van der Waals surface area contributed by atoms with Gasteiger partial charge in [0, 0.05) is 28.9 Å². The van der Waals surface area contributed by atoms with Gasteiger partial charge in [-0.1, -0.05) is 18.5 Å². The topological polar surface area (TPSA) is 41.1 Å². The van der Waals surface area contributed by atoms with Crippen molar-refractivity contribution < 1.29 is 4.79 Å². The lowest BCUT2D eigenvalue weighted by molar-refractivity contribution is -0.114. The number of rotatable bonds is 5. The highest BCUT2D eigenvalue weighted by atomic mass is 35.5. The van der Waals surface area contributed by atoms with Crippen molar-refractivity contribution in [2.45, 2.75) is 26.8 Å². The summed E-state index contributed by atoms with van der Waals surface area (Å²) < 4.78 is 0. The van der Waals surface area contributed by atoms with E-state index in [1.165, 1.54) is 16.7 Å². The van der Waals surface area contributed by atoms with Crippen LogP contribution in [0.25, 0.3) is 0 Å². The van der Waals surface area contributed by atoms with Crippen molar-refractivity contribution in [3.63, 3.8) is 0 Å². The number of hydrogen-bond acceptors (Lipinski definition) is 3. The number of anilines is 2. The molecule has 0 aliphatic heterocycles. The highest BCUT2D eigenvalue weighted by Crippen LogP contribution is 2.26. The van der Waals surface area contributed by atoms with E-state index in [0.717, 1.165) is 18.7 Å². The first-order valence-corrected chi connectivity index (χ1v) is 7.66. The third kappa shape index (κ3) is 3.99. The van der Waals surface area contributed by atoms with Crippen LogP contribution in [0.15, 0.2) is 30.3 Å². The molecule has 1 amide bonds. The molecule has 0 bridgehead atoms. The molecule has 5 heteroatoms. The summed E-state index contributed by atoms with van der Waals surface area (Å²) >= 11 is 7.95. The zero-order valence-corrected chi connectivity index (χ0v) is 13.1. The predicted octanol–water partition coefficient (Wildman–Crippen LogP) is 4.53. The van der Waals surface area contributed by atoms with Crippen LogP contribution in [-0.4, -0.2) is 5.91 Å². The summed E-state index contributed by atoms with van der Waals surface area (Å²) in [7, 11) is 0. The SMILES string of the molecule is CCc1ccc(CNc2ccc(NC(C)=O)c(Cl)c2)s1. The van der Waals surface area contributed by atoms with Gasteiger partial charge in [0.05, 0.1) is 10.7 Å². The first kappa shape index (κ1) is 14.9. The molecule has 0 aliphatic carbocycles. The fraction of sp³-hybridized carbons (Fsp3) is 0.267. The number of carbonyl (C=O) groups is 1. The highest BCUT2D eigenvalue weighted by molar-refractivity contribution is 7.12. The Labute approximate surface area is 128 Å². The number of thiophene rings is 1. The van der Waals surface area contributed by atoms with E-state index in [2.05, 4.69) is 29.7 Å². The van der Waals surface area contributed by atoms with Crippen LogP contribution in [0, 0.1) is 0 Å². The minimum Gasteiger partial charge on any atom is -0.380 e. The average molecular weight is 309 g/mol. The quantitative estimate of drug-likeness (QED) is 0.851. The second-order valence-electron chi connectivity index (χ2n) is 4.45. The molecule has 0 saturated heterocycles. The van der Waals surface area contributed by atoms with Crippen LogP contribution in [0.3, 0.4) is 0 Å². The lowest BCUT2D eigenvalue weighted by Gasteiger charge is -2.09. The van der Waals surface area contributed by atoms with Crippen LogP contribution < -0.4 is 10.6 Å². The van der Waals surface area contributed by atoms with Crippen LogP contribution in [0.2, 0.25) is 5.02 Å². The maximum absolute atomic E-state index is 11.0. The number of benzene rings is 1. The van der Waals surface area contributed by atoms with E-state index in [1.807, 2.05) is 23.5 Å². The van der Waals surface area contributed by atoms with Gasteiger partial charge in [0.2, 0.25) is 5.91 Å². The molecule has 1 heterocycles. The smallest absolute Gasteiger partial charge is 0.221 e. The van der Waals surface area contributed by atoms with E-state index in [0.29, 0.717) is 10.7 Å². The van der Waals surface area contributed by atoms with Crippen molar-refractivity contribution >= 4 is 40.2 Å². The molecule has 20 heavy (non-hydrogen) atoms. The molecule has 1 aromatic carbocycles. The predicted molar refractivity (Wildman–Crippen MR) is 86.8 cm³/mol. The van der Waals surface area contributed by atoms with E-state index in [4.69, 9.17) is 11.6 Å². The minimum absolute atomic E-state index is 0.127. The van der Waals surface area contributed by atoms with E-state index >= 15 is 0 Å². The van der Waals surface area contributed by atoms with Crippen molar-refractivity contribution in [1.29, 1.82) is 0 Å². The molecule has 0 fully saturated rings. The summed E-state index contributed by atoms with van der Waals surface area (Å²) in [6.45, 7) is 4.40. The van der Waals surface area contributed by atoms with Crippen molar-refractivity contribution in [2.24, 2.45) is 0 Å². The molecule has 0 aliphatic rings. The van der Waals surface area contributed by atoms with Gasteiger partial charge < -0.3 is 10.6 Å². The Balaban J connectivity index is 1.99. The van der Waals surface area contributed by atoms with E-state index in [-0.39, 0.29) is 5.91 Å². The van der Waals surface area contributed by atoms with Gasteiger partial charge in [-0.15, -0.1) is 11.3 Å². The summed E-state index contributed by atoms with van der Waals surface area (Å²) in [6, 6.07) is 9.84. The van der Waals surface area contributed by atoms with Crippen LogP contribution in [-0.2, 0) is 17.8 Å². The summed E-state index contributed by atoms with van der Waals surface area (Å²) in [6.07, 6.45) is 1.07. The second-order valence-corrected chi connectivity index (χ2v) is 6.11. The Morgan fingerprint density at radius 3 is 2.60 bits per heavy atom. The van der Waals surface area contributed by atoms with Crippen LogP contribution in [0.5, 0.6) is 0 Å². The van der Waals surface area contributed by atoms with Gasteiger partial charge in [0.1, 0.15) is 0 Å². The summed E-state index contributed by atoms with van der Waals surface area (Å²) in [5.74, 6) is -0.127. The molecule has 2 rings (SSSR count). The Morgan fingerprint density at radius 1 is 1.25 bits per heavy atom. The molecular weight excluding hydrogens is 292 g/mol. The third-order valence-electron chi connectivity index (χ3n) is 2.81. The normalized spacial score (nSPS) is 10.3. The maximum atomic E-state index is 11.0. The number of amides is 1. The molecule has 106 valence electrons.